The quantitative estimate of drug-likeness (QED) is 0.209. The molecule has 0 amide bonds. The lowest BCUT2D eigenvalue weighted by Crippen LogP contribution is -2.55. The van der Waals surface area contributed by atoms with Crippen molar-refractivity contribution in [1.82, 2.24) is 0 Å². The van der Waals surface area contributed by atoms with Crippen molar-refractivity contribution in [3.8, 4) is 23.0 Å². The van der Waals surface area contributed by atoms with Crippen molar-refractivity contribution in [3.63, 3.8) is 0 Å². The maximum Gasteiger partial charge on any atom is 0.204 e. The van der Waals surface area contributed by atoms with Crippen molar-refractivity contribution in [2.45, 2.75) is 30.5 Å². The highest BCUT2D eigenvalue weighted by Crippen LogP contribution is 2.45. The van der Waals surface area contributed by atoms with Crippen LogP contribution in [0, 0.1) is 0 Å². The number of rotatable bonds is 3. The van der Waals surface area contributed by atoms with E-state index in [9.17, 15) is 40.5 Å². The van der Waals surface area contributed by atoms with Crippen LogP contribution in [0.1, 0.15) is 11.7 Å². The summed E-state index contributed by atoms with van der Waals surface area (Å²) in [5.41, 5.74) is -1.14. The highest BCUT2D eigenvalue weighted by atomic mass is 16.5. The van der Waals surface area contributed by atoms with E-state index >= 15 is 0 Å². The molecule has 1 fully saturated rings. The molecule has 0 radical (unpaired) electrons. The molecule has 2 aromatic carbocycles. The molecule has 1 unspecified atom stereocenters. The van der Waals surface area contributed by atoms with E-state index in [1.807, 2.05) is 0 Å². The third kappa shape index (κ3) is 3.14. The van der Waals surface area contributed by atoms with Crippen LogP contribution in [0.5, 0.6) is 23.0 Å². The summed E-state index contributed by atoms with van der Waals surface area (Å²) >= 11 is 0. The van der Waals surface area contributed by atoms with Crippen molar-refractivity contribution in [1.29, 1.82) is 0 Å². The fraction of sp³-hybridized carbons (Fsp3) is 0.350. The Bertz CT molecular complexity index is 1220. The summed E-state index contributed by atoms with van der Waals surface area (Å²) in [6.07, 6.45) is -7.80. The van der Waals surface area contributed by atoms with Crippen LogP contribution in [-0.2, 0) is 4.74 Å². The van der Waals surface area contributed by atoms with Crippen LogP contribution in [0.25, 0.3) is 21.9 Å². The van der Waals surface area contributed by atoms with Crippen LogP contribution in [0.4, 0.5) is 0 Å². The van der Waals surface area contributed by atoms with Gasteiger partial charge in [-0.05, 0) is 6.07 Å². The zero-order chi connectivity index (χ0) is 22.6. The van der Waals surface area contributed by atoms with Gasteiger partial charge < -0.3 is 49.6 Å². The summed E-state index contributed by atoms with van der Waals surface area (Å²) in [6, 6.07) is 3.27. The Morgan fingerprint density at radius 3 is 2.29 bits per heavy atom. The Hall–Kier alpha value is -3.09. The maximum absolute atomic E-state index is 13.0. The van der Waals surface area contributed by atoms with Gasteiger partial charge in [0.25, 0.3) is 0 Å². The highest BCUT2D eigenvalue weighted by Gasteiger charge is 2.46. The van der Waals surface area contributed by atoms with Gasteiger partial charge >= 0.3 is 0 Å². The van der Waals surface area contributed by atoms with Crippen LogP contribution in [0.3, 0.4) is 0 Å². The molecule has 1 aliphatic rings. The number of hydrogen-bond acceptors (Lipinski definition) is 11. The Morgan fingerprint density at radius 1 is 0.968 bits per heavy atom. The molecule has 1 saturated heterocycles. The molecule has 0 bridgehead atoms. The number of fused-ring (bicyclic) bond motifs is 2. The molecule has 166 valence electrons. The molecule has 5 atom stereocenters. The van der Waals surface area contributed by atoms with E-state index in [1.165, 1.54) is 13.2 Å². The van der Waals surface area contributed by atoms with E-state index in [4.69, 9.17) is 13.9 Å². The van der Waals surface area contributed by atoms with Gasteiger partial charge in [0.15, 0.2) is 11.5 Å². The summed E-state index contributed by atoms with van der Waals surface area (Å²) in [4.78, 5) is 13.0. The monoisotopic (exact) mass is 436 g/mol. The minimum atomic E-state index is -1.73. The Labute approximate surface area is 173 Å². The van der Waals surface area contributed by atoms with Gasteiger partial charge in [-0.3, -0.25) is 4.79 Å². The molecular weight excluding hydrogens is 416 g/mol. The number of phenolic OH excluding ortho intramolecular Hbond substituents is 3. The third-order valence-corrected chi connectivity index (χ3v) is 5.43. The van der Waals surface area contributed by atoms with Crippen LogP contribution in [0.15, 0.2) is 27.4 Å². The number of aliphatic hydroxyl groups excluding tert-OH is 4. The zero-order valence-corrected chi connectivity index (χ0v) is 16.1. The molecule has 11 heteroatoms. The predicted molar refractivity (Wildman–Crippen MR) is 104 cm³/mol. The Morgan fingerprint density at radius 2 is 1.65 bits per heavy atom. The summed E-state index contributed by atoms with van der Waals surface area (Å²) in [5, 5.41) is 69.9. The molecule has 2 heterocycles. The number of aliphatic hydroxyl groups is 4. The van der Waals surface area contributed by atoms with E-state index in [2.05, 4.69) is 0 Å². The molecule has 1 aliphatic heterocycles. The average molecular weight is 436 g/mol. The number of methoxy groups -OCH3 is 1. The summed E-state index contributed by atoms with van der Waals surface area (Å²) in [5.74, 6) is -1.83. The Kier molecular flexibility index (Phi) is 5.15. The maximum atomic E-state index is 13.0. The molecule has 11 nitrogen and oxygen atoms in total. The lowest BCUT2D eigenvalue weighted by Gasteiger charge is -2.40. The van der Waals surface area contributed by atoms with Crippen LogP contribution in [0.2, 0.25) is 0 Å². The highest BCUT2D eigenvalue weighted by molar-refractivity contribution is 5.96. The number of aromatic hydroxyl groups is 3. The van der Waals surface area contributed by atoms with Gasteiger partial charge in [0, 0.05) is 12.1 Å². The van der Waals surface area contributed by atoms with Crippen molar-refractivity contribution >= 4 is 21.9 Å². The summed E-state index contributed by atoms with van der Waals surface area (Å²) in [6.45, 7) is -0.687. The number of ether oxygens (including phenoxy) is 2. The first-order chi connectivity index (χ1) is 14.7. The molecule has 31 heavy (non-hydrogen) atoms. The second-order valence-corrected chi connectivity index (χ2v) is 7.23. The van der Waals surface area contributed by atoms with Crippen LogP contribution >= 0.6 is 0 Å². The Balaban J connectivity index is 2.01. The SMILES string of the molecule is COc1cc2oc3cc(O)c(O)cc3c(=O)c2c(O)c1C1O[C@H](CO)[C@@H](O)[C@H](O)[C@H]1O. The lowest BCUT2D eigenvalue weighted by atomic mass is 9.89. The molecule has 0 aliphatic carbocycles. The second kappa shape index (κ2) is 7.55. The number of benzene rings is 2. The minimum Gasteiger partial charge on any atom is -0.506 e. The molecule has 0 saturated carbocycles. The van der Waals surface area contributed by atoms with Gasteiger partial charge in [0.05, 0.1) is 24.7 Å². The number of phenols is 3. The van der Waals surface area contributed by atoms with Crippen molar-refractivity contribution in [2.75, 3.05) is 13.7 Å². The smallest absolute Gasteiger partial charge is 0.204 e. The van der Waals surface area contributed by atoms with E-state index in [0.29, 0.717) is 0 Å². The molecule has 7 N–H and O–H groups in total. The largest absolute Gasteiger partial charge is 0.506 e. The first kappa shape index (κ1) is 21.2. The molecule has 4 rings (SSSR count). The molecule has 1 aromatic heterocycles. The van der Waals surface area contributed by atoms with E-state index in [-0.39, 0.29) is 33.3 Å². The van der Waals surface area contributed by atoms with E-state index in [0.717, 1.165) is 12.1 Å². The first-order valence-corrected chi connectivity index (χ1v) is 9.22. The van der Waals surface area contributed by atoms with E-state index in [1.54, 1.807) is 0 Å². The van der Waals surface area contributed by atoms with Gasteiger partial charge in [-0.25, -0.2) is 0 Å². The standard InChI is InChI=1S/C20H20O11/c1-29-10-4-11-13(15(24)6-2-7(22)8(23)3-9(6)30-11)17(26)14(10)20-19(28)18(27)16(25)12(5-21)31-20/h2-4,12,16,18-23,25-28H,5H2,1H3/t12-,16-,18+,19-,20?/m1/s1. The second-order valence-electron chi connectivity index (χ2n) is 7.23. The number of hydrogen-bond donors (Lipinski definition) is 7. The molecule has 0 spiro atoms. The topological polar surface area (TPSA) is 190 Å². The first-order valence-electron chi connectivity index (χ1n) is 9.22. The van der Waals surface area contributed by atoms with Gasteiger partial charge in [-0.1, -0.05) is 0 Å². The van der Waals surface area contributed by atoms with E-state index < -0.39 is 59.8 Å². The summed E-state index contributed by atoms with van der Waals surface area (Å²) < 4.78 is 16.3. The van der Waals surface area contributed by atoms with Crippen molar-refractivity contribution in [3.05, 3.63) is 34.0 Å². The molecule has 3 aromatic rings. The average Bonchev–Trinajstić information content (AvgIpc) is 2.74. The zero-order valence-electron chi connectivity index (χ0n) is 16.1. The van der Waals surface area contributed by atoms with Gasteiger partial charge in [-0.2, -0.15) is 0 Å². The van der Waals surface area contributed by atoms with Crippen LogP contribution in [-0.4, -0.2) is 73.9 Å². The minimum absolute atomic E-state index is 0.0603. The van der Waals surface area contributed by atoms with Gasteiger partial charge in [-0.15, -0.1) is 0 Å². The lowest BCUT2D eigenvalue weighted by molar-refractivity contribution is -0.232. The molecular formula is C20H20O11. The van der Waals surface area contributed by atoms with Gasteiger partial charge in [0.2, 0.25) is 5.43 Å². The van der Waals surface area contributed by atoms with Crippen molar-refractivity contribution in [2.24, 2.45) is 0 Å². The summed E-state index contributed by atoms with van der Waals surface area (Å²) in [7, 11) is 1.25. The fourth-order valence-electron chi connectivity index (χ4n) is 3.79. The van der Waals surface area contributed by atoms with Crippen LogP contribution < -0.4 is 10.2 Å². The fourth-order valence-corrected chi connectivity index (χ4v) is 3.79. The predicted octanol–water partition coefficient (Wildman–Crippen LogP) is -0.414. The third-order valence-electron chi connectivity index (χ3n) is 5.43. The normalized spacial score (nSPS) is 26.4. The van der Waals surface area contributed by atoms with Gasteiger partial charge in [0.1, 0.15) is 58.6 Å². The van der Waals surface area contributed by atoms with Crippen molar-refractivity contribution < 1.29 is 49.6 Å².